The number of rotatable bonds is 0. The van der Waals surface area contributed by atoms with Crippen LogP contribution in [0.1, 0.15) is 11.3 Å². The smallest absolute Gasteiger partial charge is 0.407 e. The Balaban J connectivity index is 2.22. The number of hydrogen-bond acceptors (Lipinski definition) is 2. The van der Waals surface area contributed by atoms with E-state index in [0.717, 1.165) is 5.69 Å². The summed E-state index contributed by atoms with van der Waals surface area (Å²) in [4.78, 5) is 23.3. The fourth-order valence-electron chi connectivity index (χ4n) is 1.69. The van der Waals surface area contributed by atoms with E-state index in [9.17, 15) is 9.59 Å². The highest BCUT2D eigenvalue weighted by atomic mass is 16.4. The molecular formula is C8H11N3O3. The van der Waals surface area contributed by atoms with Crippen LogP contribution < -0.4 is 5.56 Å². The van der Waals surface area contributed by atoms with Crippen molar-refractivity contribution in [2.45, 2.75) is 12.8 Å². The summed E-state index contributed by atoms with van der Waals surface area (Å²) >= 11 is 0. The molecule has 6 heteroatoms. The zero-order valence-corrected chi connectivity index (χ0v) is 7.54. The minimum Gasteiger partial charge on any atom is -0.465 e. The van der Waals surface area contributed by atoms with E-state index in [4.69, 9.17) is 5.11 Å². The zero-order valence-electron chi connectivity index (χ0n) is 7.54. The normalized spacial score (nSPS) is 16.1. The maximum Gasteiger partial charge on any atom is 0.407 e. The molecule has 1 aliphatic heterocycles. The van der Waals surface area contributed by atoms with Gasteiger partial charge in [0.15, 0.2) is 0 Å². The molecule has 1 amide bonds. The summed E-state index contributed by atoms with van der Waals surface area (Å²) in [6.45, 7) is 0.833. The summed E-state index contributed by atoms with van der Waals surface area (Å²) in [6, 6.07) is 0. The van der Waals surface area contributed by atoms with Gasteiger partial charge in [-0.3, -0.25) is 9.89 Å². The van der Waals surface area contributed by atoms with Crippen molar-refractivity contribution < 1.29 is 9.90 Å². The Bertz CT molecular complexity index is 406. The van der Waals surface area contributed by atoms with Gasteiger partial charge in [-0.2, -0.15) is 0 Å². The monoisotopic (exact) mass is 197 g/mol. The molecule has 0 unspecified atom stereocenters. The van der Waals surface area contributed by atoms with Crippen LogP contribution in [0.25, 0.3) is 0 Å². The van der Waals surface area contributed by atoms with Crippen molar-refractivity contribution in [1.82, 2.24) is 15.1 Å². The van der Waals surface area contributed by atoms with Crippen molar-refractivity contribution in [3.63, 3.8) is 0 Å². The van der Waals surface area contributed by atoms with Gasteiger partial charge in [-0.1, -0.05) is 0 Å². The van der Waals surface area contributed by atoms with Crippen LogP contribution in [0.5, 0.6) is 0 Å². The third-order valence-electron chi connectivity index (χ3n) is 2.50. The van der Waals surface area contributed by atoms with E-state index in [1.165, 1.54) is 4.90 Å². The van der Waals surface area contributed by atoms with Crippen LogP contribution in [0.2, 0.25) is 0 Å². The molecular weight excluding hydrogens is 186 g/mol. The van der Waals surface area contributed by atoms with E-state index in [1.54, 1.807) is 0 Å². The van der Waals surface area contributed by atoms with Gasteiger partial charge < -0.3 is 15.1 Å². The number of nitrogens with zero attached hydrogens (tertiary/aromatic N) is 1. The van der Waals surface area contributed by atoms with Gasteiger partial charge >= 0.3 is 6.09 Å². The molecule has 0 spiro atoms. The molecule has 0 fully saturated rings. The molecule has 6 nitrogen and oxygen atoms in total. The first-order chi connectivity index (χ1) is 6.68. The number of nitrogens with one attached hydrogen (secondary N) is 2. The summed E-state index contributed by atoms with van der Waals surface area (Å²) < 4.78 is 0. The fraction of sp³-hybridized carbons (Fsp3) is 0.500. The number of fused-ring (bicyclic) bond motifs is 1. The van der Waals surface area contributed by atoms with E-state index >= 15 is 0 Å². The third kappa shape index (κ3) is 1.39. The molecule has 0 saturated heterocycles. The molecule has 0 aliphatic carbocycles. The molecule has 3 N–H and O–H groups in total. The van der Waals surface area contributed by atoms with Crippen LogP contribution in [0.3, 0.4) is 0 Å². The van der Waals surface area contributed by atoms with Gasteiger partial charge in [0.05, 0.1) is 0 Å². The van der Waals surface area contributed by atoms with Crippen LogP contribution in [-0.4, -0.2) is 39.4 Å². The average Bonchev–Trinajstić information content (AvgIpc) is 2.38. The van der Waals surface area contributed by atoms with Crippen molar-refractivity contribution in [3.8, 4) is 0 Å². The number of aromatic amines is 2. The van der Waals surface area contributed by atoms with Crippen LogP contribution in [0, 0.1) is 0 Å². The molecule has 0 atom stereocenters. The van der Waals surface area contributed by atoms with Crippen molar-refractivity contribution in [2.24, 2.45) is 0 Å². The van der Waals surface area contributed by atoms with Crippen LogP contribution in [0.4, 0.5) is 4.79 Å². The Labute approximate surface area is 79.5 Å². The van der Waals surface area contributed by atoms with Gasteiger partial charge in [-0.15, -0.1) is 0 Å². The molecule has 0 saturated carbocycles. The van der Waals surface area contributed by atoms with E-state index in [0.29, 0.717) is 31.5 Å². The minimum absolute atomic E-state index is 0.132. The lowest BCUT2D eigenvalue weighted by Crippen LogP contribution is -2.32. The standard InChI is InChI=1S/C8H11N3O3/c12-7-5-1-3-11(8(13)14)4-2-6(5)9-10-7/h1-4H2,(H,13,14)(H2,9,10,12). The van der Waals surface area contributed by atoms with Gasteiger partial charge in [-0.25, -0.2) is 4.79 Å². The second kappa shape index (κ2) is 3.21. The predicted molar refractivity (Wildman–Crippen MR) is 48.4 cm³/mol. The Morgan fingerprint density at radius 1 is 1.29 bits per heavy atom. The van der Waals surface area contributed by atoms with Gasteiger partial charge in [0.25, 0.3) is 5.56 Å². The highest BCUT2D eigenvalue weighted by Crippen LogP contribution is 2.09. The van der Waals surface area contributed by atoms with Crippen LogP contribution in [-0.2, 0) is 12.8 Å². The highest BCUT2D eigenvalue weighted by Gasteiger charge is 2.20. The van der Waals surface area contributed by atoms with Gasteiger partial charge in [0.1, 0.15) is 0 Å². The molecule has 0 radical (unpaired) electrons. The first-order valence-corrected chi connectivity index (χ1v) is 4.45. The summed E-state index contributed by atoms with van der Waals surface area (Å²) in [7, 11) is 0. The highest BCUT2D eigenvalue weighted by molar-refractivity contribution is 5.65. The van der Waals surface area contributed by atoms with Crippen LogP contribution in [0.15, 0.2) is 4.79 Å². The maximum atomic E-state index is 11.2. The topological polar surface area (TPSA) is 89.2 Å². The first kappa shape index (κ1) is 8.86. The quantitative estimate of drug-likeness (QED) is 0.537. The lowest BCUT2D eigenvalue weighted by atomic mass is 10.2. The molecule has 76 valence electrons. The van der Waals surface area contributed by atoms with Gasteiger partial charge in [-0.05, 0) is 6.42 Å². The second-order valence-corrected chi connectivity index (χ2v) is 3.31. The Kier molecular flexibility index (Phi) is 2.03. The summed E-state index contributed by atoms with van der Waals surface area (Å²) in [6.07, 6.45) is 0.132. The first-order valence-electron chi connectivity index (χ1n) is 4.45. The molecule has 0 bridgehead atoms. The number of carbonyl (C=O) groups is 1. The minimum atomic E-state index is -0.924. The van der Waals surface area contributed by atoms with Crippen molar-refractivity contribution in [1.29, 1.82) is 0 Å². The predicted octanol–water partition coefficient (Wildman–Crippen LogP) is -0.218. The Hall–Kier alpha value is -1.72. The fourth-order valence-corrected chi connectivity index (χ4v) is 1.69. The zero-order chi connectivity index (χ0) is 10.1. The van der Waals surface area contributed by atoms with Crippen molar-refractivity contribution >= 4 is 6.09 Å². The number of aromatic nitrogens is 2. The van der Waals surface area contributed by atoms with Crippen molar-refractivity contribution in [3.05, 3.63) is 21.6 Å². The Morgan fingerprint density at radius 2 is 2.00 bits per heavy atom. The molecule has 0 aromatic carbocycles. The number of hydrogen-bond donors (Lipinski definition) is 3. The SMILES string of the molecule is O=C(O)N1CCc2[nH][nH]c(=O)c2CC1. The third-order valence-corrected chi connectivity index (χ3v) is 2.50. The number of carboxylic acid groups (broad SMARTS) is 1. The van der Waals surface area contributed by atoms with E-state index in [2.05, 4.69) is 10.2 Å². The molecule has 14 heavy (non-hydrogen) atoms. The van der Waals surface area contributed by atoms with E-state index in [1.807, 2.05) is 0 Å². The Morgan fingerprint density at radius 3 is 2.71 bits per heavy atom. The molecule has 2 rings (SSSR count). The number of H-pyrrole nitrogens is 2. The van der Waals surface area contributed by atoms with Crippen molar-refractivity contribution in [2.75, 3.05) is 13.1 Å². The molecule has 2 heterocycles. The molecule has 1 aromatic rings. The van der Waals surface area contributed by atoms with Gasteiger partial charge in [0, 0.05) is 30.8 Å². The van der Waals surface area contributed by atoms with E-state index in [-0.39, 0.29) is 5.56 Å². The summed E-state index contributed by atoms with van der Waals surface area (Å²) in [5, 5.41) is 14.1. The molecule has 1 aliphatic rings. The van der Waals surface area contributed by atoms with Crippen LogP contribution >= 0.6 is 0 Å². The second-order valence-electron chi connectivity index (χ2n) is 3.31. The lowest BCUT2D eigenvalue weighted by molar-refractivity contribution is 0.147. The van der Waals surface area contributed by atoms with Gasteiger partial charge in [0.2, 0.25) is 0 Å². The summed E-state index contributed by atoms with van der Waals surface area (Å²) in [5.41, 5.74) is 1.39. The average molecular weight is 197 g/mol. The molecule has 1 aromatic heterocycles. The largest absolute Gasteiger partial charge is 0.465 e. The number of amides is 1. The summed E-state index contributed by atoms with van der Waals surface area (Å²) in [5.74, 6) is 0. The maximum absolute atomic E-state index is 11.2. The van der Waals surface area contributed by atoms with E-state index < -0.39 is 6.09 Å². The lowest BCUT2D eigenvalue weighted by Gasteiger charge is -2.14.